The maximum absolute atomic E-state index is 4.28. The Hall–Kier alpha value is -0.900. The highest BCUT2D eigenvalue weighted by atomic mass is 15.3. The fraction of sp³-hybridized carbons (Fsp3) is 0.818. The van der Waals surface area contributed by atoms with Crippen molar-refractivity contribution in [3.05, 3.63) is 12.2 Å². The normalized spacial score (nSPS) is 10.8. The van der Waals surface area contributed by atoms with Crippen molar-refractivity contribution >= 4 is 0 Å². The van der Waals surface area contributed by atoms with E-state index in [1.54, 1.807) is 6.33 Å². The summed E-state index contributed by atoms with van der Waals surface area (Å²) in [6.07, 6.45) is 6.14. The van der Waals surface area contributed by atoms with E-state index in [1.807, 2.05) is 4.68 Å². The lowest BCUT2D eigenvalue weighted by Gasteiger charge is -2.04. The van der Waals surface area contributed by atoms with Gasteiger partial charge in [0.1, 0.15) is 12.2 Å². The minimum atomic E-state index is 0.984. The van der Waals surface area contributed by atoms with Crippen molar-refractivity contribution in [2.24, 2.45) is 0 Å². The van der Waals surface area contributed by atoms with Crippen LogP contribution in [0.15, 0.2) is 6.33 Å². The Morgan fingerprint density at radius 1 is 1.27 bits per heavy atom. The predicted octanol–water partition coefficient (Wildman–Crippen LogP) is 1.62. The lowest BCUT2D eigenvalue weighted by atomic mass is 10.3. The van der Waals surface area contributed by atoms with E-state index in [2.05, 4.69) is 29.2 Å². The highest BCUT2D eigenvalue weighted by molar-refractivity contribution is 4.84. The summed E-state index contributed by atoms with van der Waals surface area (Å²) >= 11 is 0. The standard InChI is InChI=1S/C11H22N4/c1-3-7-12-8-5-6-11-13-10-14-15(11)9-4-2/h10,12H,3-9H2,1-2H3. The average molecular weight is 210 g/mol. The highest BCUT2D eigenvalue weighted by Crippen LogP contribution is 1.99. The van der Waals surface area contributed by atoms with Crippen LogP contribution in [0.3, 0.4) is 0 Å². The minimum absolute atomic E-state index is 0.984. The summed E-state index contributed by atoms with van der Waals surface area (Å²) in [5, 5.41) is 7.60. The summed E-state index contributed by atoms with van der Waals surface area (Å²) in [7, 11) is 0. The number of nitrogens with one attached hydrogen (secondary N) is 1. The van der Waals surface area contributed by atoms with E-state index in [9.17, 15) is 0 Å². The molecule has 1 heterocycles. The summed E-state index contributed by atoms with van der Waals surface area (Å²) in [6, 6.07) is 0. The van der Waals surface area contributed by atoms with Crippen LogP contribution in [0.1, 0.15) is 38.9 Å². The van der Waals surface area contributed by atoms with Crippen molar-refractivity contribution in [3.8, 4) is 0 Å². The van der Waals surface area contributed by atoms with Crippen LogP contribution in [0.5, 0.6) is 0 Å². The monoisotopic (exact) mass is 210 g/mol. The molecule has 1 aromatic heterocycles. The van der Waals surface area contributed by atoms with Crippen LogP contribution in [-0.4, -0.2) is 27.9 Å². The Kier molecular flexibility index (Phi) is 6.00. The lowest BCUT2D eigenvalue weighted by molar-refractivity contribution is 0.552. The molecule has 1 aromatic rings. The zero-order valence-corrected chi connectivity index (χ0v) is 9.87. The molecule has 0 saturated carbocycles. The molecule has 1 N–H and O–H groups in total. The third-order valence-corrected chi connectivity index (χ3v) is 2.31. The van der Waals surface area contributed by atoms with Gasteiger partial charge >= 0.3 is 0 Å². The number of aryl methyl sites for hydroxylation is 2. The quantitative estimate of drug-likeness (QED) is 0.663. The number of rotatable bonds is 8. The van der Waals surface area contributed by atoms with Crippen LogP contribution in [0.4, 0.5) is 0 Å². The second kappa shape index (κ2) is 7.40. The first-order chi connectivity index (χ1) is 7.38. The van der Waals surface area contributed by atoms with Gasteiger partial charge < -0.3 is 5.32 Å². The van der Waals surface area contributed by atoms with Crippen LogP contribution in [0.25, 0.3) is 0 Å². The molecule has 0 aliphatic carbocycles. The third-order valence-electron chi connectivity index (χ3n) is 2.31. The summed E-state index contributed by atoms with van der Waals surface area (Å²) in [6.45, 7) is 7.52. The van der Waals surface area contributed by atoms with Gasteiger partial charge in [-0.3, -0.25) is 4.68 Å². The molecular weight excluding hydrogens is 188 g/mol. The van der Waals surface area contributed by atoms with Crippen molar-refractivity contribution in [2.75, 3.05) is 13.1 Å². The maximum Gasteiger partial charge on any atom is 0.138 e. The Bertz CT molecular complexity index is 257. The van der Waals surface area contributed by atoms with E-state index < -0.39 is 0 Å². The van der Waals surface area contributed by atoms with Crippen LogP contribution in [0.2, 0.25) is 0 Å². The van der Waals surface area contributed by atoms with Gasteiger partial charge in [0.25, 0.3) is 0 Å². The second-order valence-electron chi connectivity index (χ2n) is 3.75. The van der Waals surface area contributed by atoms with Gasteiger partial charge in [-0.05, 0) is 32.4 Å². The van der Waals surface area contributed by atoms with Gasteiger partial charge in [0.05, 0.1) is 0 Å². The highest BCUT2D eigenvalue weighted by Gasteiger charge is 2.02. The lowest BCUT2D eigenvalue weighted by Crippen LogP contribution is -2.17. The molecule has 0 saturated heterocycles. The first-order valence-electron chi connectivity index (χ1n) is 5.95. The summed E-state index contributed by atoms with van der Waals surface area (Å²) in [5.41, 5.74) is 0. The van der Waals surface area contributed by atoms with E-state index in [0.29, 0.717) is 0 Å². The van der Waals surface area contributed by atoms with E-state index in [4.69, 9.17) is 0 Å². The molecule has 0 aliphatic heterocycles. The van der Waals surface area contributed by atoms with Crippen LogP contribution in [-0.2, 0) is 13.0 Å². The van der Waals surface area contributed by atoms with Crippen molar-refractivity contribution in [3.63, 3.8) is 0 Å². The maximum atomic E-state index is 4.28. The summed E-state index contributed by atoms with van der Waals surface area (Å²) in [5.74, 6) is 1.12. The van der Waals surface area contributed by atoms with Crippen molar-refractivity contribution < 1.29 is 0 Å². The molecule has 0 aromatic carbocycles. The van der Waals surface area contributed by atoms with Crippen molar-refractivity contribution in [1.82, 2.24) is 20.1 Å². The molecule has 0 unspecified atom stereocenters. The second-order valence-corrected chi connectivity index (χ2v) is 3.75. The van der Waals surface area contributed by atoms with Crippen LogP contribution in [0, 0.1) is 0 Å². The number of hydrogen-bond acceptors (Lipinski definition) is 3. The summed E-state index contributed by atoms with van der Waals surface area (Å²) in [4.78, 5) is 4.28. The number of aromatic nitrogens is 3. The first kappa shape index (κ1) is 12.2. The smallest absolute Gasteiger partial charge is 0.138 e. The molecule has 0 spiro atoms. The largest absolute Gasteiger partial charge is 0.317 e. The molecule has 15 heavy (non-hydrogen) atoms. The van der Waals surface area contributed by atoms with E-state index in [1.165, 1.54) is 6.42 Å². The van der Waals surface area contributed by atoms with Gasteiger partial charge in [-0.15, -0.1) is 0 Å². The molecule has 0 fully saturated rings. The summed E-state index contributed by atoms with van der Waals surface area (Å²) < 4.78 is 2.01. The fourth-order valence-corrected chi connectivity index (χ4v) is 1.55. The van der Waals surface area contributed by atoms with Gasteiger partial charge in [0, 0.05) is 13.0 Å². The third kappa shape index (κ3) is 4.42. The molecule has 0 bridgehead atoms. The molecule has 0 atom stereocenters. The zero-order valence-electron chi connectivity index (χ0n) is 9.87. The van der Waals surface area contributed by atoms with Crippen molar-refractivity contribution in [2.45, 2.75) is 46.1 Å². The fourth-order valence-electron chi connectivity index (χ4n) is 1.55. The van der Waals surface area contributed by atoms with Gasteiger partial charge in [0.15, 0.2) is 0 Å². The molecule has 0 amide bonds. The number of nitrogens with zero attached hydrogens (tertiary/aromatic N) is 3. The van der Waals surface area contributed by atoms with E-state index in [-0.39, 0.29) is 0 Å². The Morgan fingerprint density at radius 3 is 2.87 bits per heavy atom. The molecule has 0 radical (unpaired) electrons. The predicted molar refractivity (Wildman–Crippen MR) is 61.8 cm³/mol. The Morgan fingerprint density at radius 2 is 2.13 bits per heavy atom. The van der Waals surface area contributed by atoms with Gasteiger partial charge in [-0.2, -0.15) is 5.10 Å². The molecule has 86 valence electrons. The SMILES string of the molecule is CCCNCCCc1ncnn1CCC. The van der Waals surface area contributed by atoms with Gasteiger partial charge in [0.2, 0.25) is 0 Å². The topological polar surface area (TPSA) is 42.7 Å². The zero-order chi connectivity index (χ0) is 10.9. The van der Waals surface area contributed by atoms with Crippen molar-refractivity contribution in [1.29, 1.82) is 0 Å². The molecule has 1 rings (SSSR count). The Labute approximate surface area is 92.1 Å². The minimum Gasteiger partial charge on any atom is -0.317 e. The van der Waals surface area contributed by atoms with Gasteiger partial charge in [-0.25, -0.2) is 4.98 Å². The number of hydrogen-bond donors (Lipinski definition) is 1. The average Bonchev–Trinajstić information content (AvgIpc) is 2.66. The van der Waals surface area contributed by atoms with Gasteiger partial charge in [-0.1, -0.05) is 13.8 Å². The van der Waals surface area contributed by atoms with Crippen LogP contribution < -0.4 is 5.32 Å². The Balaban J connectivity index is 2.21. The molecule has 4 heteroatoms. The molecule has 0 aliphatic rings. The molecular formula is C11H22N4. The first-order valence-corrected chi connectivity index (χ1v) is 5.95. The van der Waals surface area contributed by atoms with Crippen LogP contribution >= 0.6 is 0 Å². The van der Waals surface area contributed by atoms with E-state index in [0.717, 1.165) is 44.7 Å². The van der Waals surface area contributed by atoms with E-state index >= 15 is 0 Å². The molecule has 4 nitrogen and oxygen atoms in total.